The van der Waals surface area contributed by atoms with E-state index in [1.807, 2.05) is 0 Å². The monoisotopic (exact) mass is 334 g/mol. The molecule has 2 nitrogen and oxygen atoms in total. The summed E-state index contributed by atoms with van der Waals surface area (Å²) in [5.74, 6) is 1.61. The lowest BCUT2D eigenvalue weighted by Crippen LogP contribution is -2.26. The zero-order valence-electron chi connectivity index (χ0n) is 17.7. The van der Waals surface area contributed by atoms with Crippen LogP contribution in [0.4, 0.5) is 0 Å². The number of imidazole rings is 1. The zero-order valence-corrected chi connectivity index (χ0v) is 17.7. The van der Waals surface area contributed by atoms with Crippen LogP contribution in [0.25, 0.3) is 0 Å². The van der Waals surface area contributed by atoms with Crippen molar-refractivity contribution in [1.29, 1.82) is 0 Å². The van der Waals surface area contributed by atoms with Crippen molar-refractivity contribution in [3.63, 3.8) is 0 Å². The van der Waals surface area contributed by atoms with E-state index in [1.165, 1.54) is 62.8 Å². The van der Waals surface area contributed by atoms with Gasteiger partial charge in [-0.25, -0.2) is 4.98 Å². The minimum atomic E-state index is 0.149. The Bertz CT molecular complexity index is 441. The molecule has 0 atom stereocenters. The highest BCUT2D eigenvalue weighted by atomic mass is 15.0. The summed E-state index contributed by atoms with van der Waals surface area (Å²) in [6.07, 6.45) is 10.3. The van der Waals surface area contributed by atoms with Crippen molar-refractivity contribution in [2.75, 3.05) is 0 Å². The average Bonchev–Trinajstić information content (AvgIpc) is 2.95. The predicted molar refractivity (Wildman–Crippen MR) is 107 cm³/mol. The molecule has 1 N–H and O–H groups in total. The molecule has 24 heavy (non-hydrogen) atoms. The minimum absolute atomic E-state index is 0.149. The topological polar surface area (TPSA) is 28.7 Å². The molecule has 0 spiro atoms. The van der Waals surface area contributed by atoms with E-state index in [0.29, 0.717) is 5.92 Å². The van der Waals surface area contributed by atoms with Gasteiger partial charge in [0.1, 0.15) is 5.82 Å². The van der Waals surface area contributed by atoms with Gasteiger partial charge in [-0.2, -0.15) is 0 Å². The fourth-order valence-corrected chi connectivity index (χ4v) is 3.52. The van der Waals surface area contributed by atoms with Crippen molar-refractivity contribution in [2.45, 2.75) is 124 Å². The van der Waals surface area contributed by atoms with Crippen LogP contribution < -0.4 is 0 Å². The molecule has 0 radical (unpaired) electrons. The van der Waals surface area contributed by atoms with Gasteiger partial charge in [0.05, 0.1) is 5.69 Å². The van der Waals surface area contributed by atoms with Gasteiger partial charge in [-0.15, -0.1) is 0 Å². The van der Waals surface area contributed by atoms with Gasteiger partial charge < -0.3 is 4.98 Å². The van der Waals surface area contributed by atoms with Crippen LogP contribution in [0.5, 0.6) is 0 Å². The van der Waals surface area contributed by atoms with Crippen LogP contribution in [0.3, 0.4) is 0 Å². The summed E-state index contributed by atoms with van der Waals surface area (Å²) in [7, 11) is 0. The van der Waals surface area contributed by atoms with E-state index < -0.39 is 0 Å². The summed E-state index contributed by atoms with van der Waals surface area (Å²) < 4.78 is 0. The first-order valence-corrected chi connectivity index (χ1v) is 10.3. The van der Waals surface area contributed by atoms with Gasteiger partial charge in [-0.3, -0.25) is 0 Å². The smallest absolute Gasteiger partial charge is 0.109 e. The first-order valence-electron chi connectivity index (χ1n) is 10.3. The molecule has 1 heterocycles. The molecule has 0 unspecified atom stereocenters. The lowest BCUT2D eigenvalue weighted by molar-refractivity contribution is 0.399. The molecule has 0 aliphatic rings. The molecular weight excluding hydrogens is 292 g/mol. The van der Waals surface area contributed by atoms with Gasteiger partial charge in [-0.05, 0) is 12.8 Å². The molecule has 0 aliphatic carbocycles. The van der Waals surface area contributed by atoms with Gasteiger partial charge >= 0.3 is 0 Å². The van der Waals surface area contributed by atoms with Crippen molar-refractivity contribution < 1.29 is 0 Å². The maximum Gasteiger partial charge on any atom is 0.109 e. The Balaban J connectivity index is 3.13. The molecular formula is C22H42N2. The number of rotatable bonds is 11. The molecule has 0 bridgehead atoms. The number of hydrogen-bond acceptors (Lipinski definition) is 1. The fraction of sp³-hybridized carbons (Fsp3) is 0.864. The van der Waals surface area contributed by atoms with Crippen LogP contribution in [0, 0.1) is 0 Å². The highest BCUT2D eigenvalue weighted by molar-refractivity contribution is 5.30. The maximum absolute atomic E-state index is 5.10. The highest BCUT2D eigenvalue weighted by Gasteiger charge is 2.34. The summed E-state index contributed by atoms with van der Waals surface area (Å²) in [4.78, 5) is 8.83. The Hall–Kier alpha value is -0.790. The molecule has 0 amide bonds. The number of unbranched alkanes of at least 4 members (excludes halogenated alkanes) is 4. The van der Waals surface area contributed by atoms with Gasteiger partial charge in [0.2, 0.25) is 0 Å². The van der Waals surface area contributed by atoms with E-state index >= 15 is 0 Å². The van der Waals surface area contributed by atoms with E-state index in [2.05, 4.69) is 60.4 Å². The molecule has 0 saturated carbocycles. The standard InChI is InChI=1S/C22H42N2/c1-9-11-13-15-21(5,6)18-19(24-20(23-18)17(3)4)22(7,8)16-14-12-10-2/h17H,9-16H2,1-8H3,(H,23,24). The molecule has 1 rings (SSSR count). The summed E-state index contributed by atoms with van der Waals surface area (Å²) in [5, 5.41) is 0. The minimum Gasteiger partial charge on any atom is -0.345 e. The second-order valence-corrected chi connectivity index (χ2v) is 9.18. The Kier molecular flexibility index (Phi) is 8.02. The third kappa shape index (κ3) is 5.63. The SMILES string of the molecule is CCCCCC(C)(C)c1nc(C(C)C)[nH]c1C(C)(C)CCCCC. The zero-order chi connectivity index (χ0) is 18.4. The Morgan fingerprint density at radius 2 is 1.33 bits per heavy atom. The summed E-state index contributed by atoms with van der Waals surface area (Å²) in [6.45, 7) is 18.6. The number of aromatic amines is 1. The van der Waals surface area contributed by atoms with Crippen molar-refractivity contribution >= 4 is 0 Å². The third-order valence-corrected chi connectivity index (χ3v) is 5.40. The first kappa shape index (κ1) is 21.3. The molecule has 140 valence electrons. The summed E-state index contributed by atoms with van der Waals surface area (Å²) >= 11 is 0. The molecule has 0 aliphatic heterocycles. The predicted octanol–water partition coefficient (Wildman–Crippen LogP) is 7.25. The van der Waals surface area contributed by atoms with Gasteiger partial charge in [-0.1, -0.05) is 93.9 Å². The van der Waals surface area contributed by atoms with Crippen LogP contribution in [0.2, 0.25) is 0 Å². The van der Waals surface area contributed by atoms with Crippen molar-refractivity contribution in [1.82, 2.24) is 9.97 Å². The number of nitrogens with zero attached hydrogens (tertiary/aromatic N) is 1. The van der Waals surface area contributed by atoms with Gasteiger partial charge in [0.25, 0.3) is 0 Å². The van der Waals surface area contributed by atoms with Crippen molar-refractivity contribution in [3.8, 4) is 0 Å². The molecule has 1 aromatic rings. The van der Waals surface area contributed by atoms with Crippen molar-refractivity contribution in [3.05, 3.63) is 17.2 Å². The van der Waals surface area contributed by atoms with Crippen LogP contribution in [0.1, 0.15) is 130 Å². The molecule has 2 heteroatoms. The highest BCUT2D eigenvalue weighted by Crippen LogP contribution is 2.39. The fourth-order valence-electron chi connectivity index (χ4n) is 3.52. The Labute approximate surface area is 151 Å². The largest absolute Gasteiger partial charge is 0.345 e. The van der Waals surface area contributed by atoms with Crippen molar-refractivity contribution in [2.24, 2.45) is 0 Å². The lowest BCUT2D eigenvalue weighted by Gasteiger charge is -2.30. The number of H-pyrrole nitrogens is 1. The average molecular weight is 335 g/mol. The normalized spacial score (nSPS) is 13.0. The van der Waals surface area contributed by atoms with E-state index in [0.717, 1.165) is 5.82 Å². The summed E-state index contributed by atoms with van der Waals surface area (Å²) in [6, 6.07) is 0. The first-order chi connectivity index (χ1) is 11.2. The van der Waals surface area contributed by atoms with Crippen LogP contribution in [-0.4, -0.2) is 9.97 Å². The van der Waals surface area contributed by atoms with E-state index in [1.54, 1.807) is 0 Å². The number of hydrogen-bond donors (Lipinski definition) is 1. The Morgan fingerprint density at radius 3 is 1.79 bits per heavy atom. The number of nitrogens with one attached hydrogen (secondary N) is 1. The quantitative estimate of drug-likeness (QED) is 0.424. The Morgan fingerprint density at radius 1 is 0.833 bits per heavy atom. The van der Waals surface area contributed by atoms with Crippen LogP contribution in [-0.2, 0) is 10.8 Å². The summed E-state index contributed by atoms with van der Waals surface area (Å²) in [5.41, 5.74) is 3.04. The molecule has 0 saturated heterocycles. The van der Waals surface area contributed by atoms with Gasteiger partial charge in [0.15, 0.2) is 0 Å². The molecule has 0 aromatic carbocycles. The van der Waals surface area contributed by atoms with E-state index in [-0.39, 0.29) is 10.8 Å². The maximum atomic E-state index is 5.10. The van der Waals surface area contributed by atoms with Crippen LogP contribution in [0.15, 0.2) is 0 Å². The molecule has 0 fully saturated rings. The van der Waals surface area contributed by atoms with Gasteiger partial charge in [0, 0.05) is 22.4 Å². The molecule has 1 aromatic heterocycles. The second-order valence-electron chi connectivity index (χ2n) is 9.18. The second kappa shape index (κ2) is 9.06. The van der Waals surface area contributed by atoms with Crippen LogP contribution >= 0.6 is 0 Å². The lowest BCUT2D eigenvalue weighted by atomic mass is 9.75. The number of aromatic nitrogens is 2. The van der Waals surface area contributed by atoms with E-state index in [4.69, 9.17) is 4.98 Å². The van der Waals surface area contributed by atoms with E-state index in [9.17, 15) is 0 Å². The third-order valence-electron chi connectivity index (χ3n) is 5.40.